The molecule has 0 rings (SSSR count). The topological polar surface area (TPSA) is 34.1 Å². The molecule has 0 amide bonds. The van der Waals surface area contributed by atoms with E-state index in [1.54, 1.807) is 0 Å². The molecular weight excluding hydrogens is 164 g/mol. The van der Waals surface area contributed by atoms with Crippen molar-refractivity contribution in [1.82, 2.24) is 0 Å². The average Bonchev–Trinajstić information content (AvgIpc) is 2.16. The monoisotopic (exact) mass is 184 g/mol. The second kappa shape index (κ2) is 9.43. The Hall–Kier alpha value is -0.660. The Morgan fingerprint density at radius 1 is 1.08 bits per heavy atom. The van der Waals surface area contributed by atoms with Crippen molar-refractivity contribution in [3.63, 3.8) is 0 Å². The molecular formula is C11H20O2. The Kier molecular flexibility index (Phi) is 8.95. The number of carbonyl (C=O) groups excluding carboxylic acids is 2. The van der Waals surface area contributed by atoms with Gasteiger partial charge in [0.1, 0.15) is 12.6 Å². The Morgan fingerprint density at radius 3 is 2.31 bits per heavy atom. The van der Waals surface area contributed by atoms with Crippen molar-refractivity contribution < 1.29 is 9.59 Å². The summed E-state index contributed by atoms with van der Waals surface area (Å²) in [6.45, 7) is 2.18. The minimum absolute atomic E-state index is 0.0286. The highest BCUT2D eigenvalue weighted by Gasteiger charge is 2.05. The molecule has 1 atom stereocenters. The molecule has 0 aliphatic carbocycles. The smallest absolute Gasteiger partial charge is 0.123 e. The highest BCUT2D eigenvalue weighted by Crippen LogP contribution is 2.11. The van der Waals surface area contributed by atoms with Crippen LogP contribution < -0.4 is 0 Å². The molecule has 0 aromatic carbocycles. The van der Waals surface area contributed by atoms with Crippen LogP contribution in [0.15, 0.2) is 0 Å². The third-order valence-corrected chi connectivity index (χ3v) is 2.27. The van der Waals surface area contributed by atoms with Gasteiger partial charge in [0.05, 0.1) is 0 Å². The first kappa shape index (κ1) is 12.3. The van der Waals surface area contributed by atoms with E-state index in [1.807, 2.05) is 0 Å². The van der Waals surface area contributed by atoms with Gasteiger partial charge in [-0.2, -0.15) is 0 Å². The molecule has 0 aromatic rings. The minimum atomic E-state index is -0.0286. The van der Waals surface area contributed by atoms with Crippen LogP contribution in [0, 0.1) is 5.92 Å². The molecule has 0 bridgehead atoms. The van der Waals surface area contributed by atoms with Gasteiger partial charge in [0.25, 0.3) is 0 Å². The number of hydrogen-bond acceptors (Lipinski definition) is 2. The van der Waals surface area contributed by atoms with Crippen LogP contribution in [0.2, 0.25) is 0 Å². The second-order valence-electron chi connectivity index (χ2n) is 3.50. The van der Waals surface area contributed by atoms with E-state index in [4.69, 9.17) is 0 Å². The lowest BCUT2D eigenvalue weighted by Crippen LogP contribution is -2.02. The van der Waals surface area contributed by atoms with Crippen LogP contribution in [0.5, 0.6) is 0 Å². The first-order valence-corrected chi connectivity index (χ1v) is 5.24. The molecule has 0 radical (unpaired) electrons. The van der Waals surface area contributed by atoms with Gasteiger partial charge in [-0.05, 0) is 6.42 Å². The van der Waals surface area contributed by atoms with Crippen molar-refractivity contribution in [3.8, 4) is 0 Å². The highest BCUT2D eigenvalue weighted by molar-refractivity contribution is 5.61. The summed E-state index contributed by atoms with van der Waals surface area (Å²) >= 11 is 0. The molecule has 0 saturated carbocycles. The number of aldehydes is 2. The van der Waals surface area contributed by atoms with Gasteiger partial charge in [-0.1, -0.05) is 39.0 Å². The third-order valence-electron chi connectivity index (χ3n) is 2.27. The van der Waals surface area contributed by atoms with Gasteiger partial charge in [0.2, 0.25) is 0 Å². The van der Waals surface area contributed by atoms with Crippen molar-refractivity contribution in [2.24, 2.45) is 5.92 Å². The second-order valence-corrected chi connectivity index (χ2v) is 3.50. The van der Waals surface area contributed by atoms with E-state index >= 15 is 0 Å². The minimum Gasteiger partial charge on any atom is -0.303 e. The number of carbonyl (C=O) groups is 2. The van der Waals surface area contributed by atoms with Gasteiger partial charge < -0.3 is 9.59 Å². The van der Waals surface area contributed by atoms with Gasteiger partial charge >= 0.3 is 0 Å². The fourth-order valence-electron chi connectivity index (χ4n) is 1.38. The van der Waals surface area contributed by atoms with E-state index in [1.165, 1.54) is 25.7 Å². The summed E-state index contributed by atoms with van der Waals surface area (Å²) in [6, 6.07) is 0. The van der Waals surface area contributed by atoms with Crippen molar-refractivity contribution in [3.05, 3.63) is 0 Å². The molecule has 1 unspecified atom stereocenters. The predicted octanol–water partition coefficient (Wildman–Crippen LogP) is 2.75. The quantitative estimate of drug-likeness (QED) is 0.408. The third kappa shape index (κ3) is 7.69. The molecule has 2 nitrogen and oxygen atoms in total. The zero-order valence-corrected chi connectivity index (χ0v) is 8.50. The molecule has 2 heteroatoms. The van der Waals surface area contributed by atoms with Crippen molar-refractivity contribution in [1.29, 1.82) is 0 Å². The summed E-state index contributed by atoms with van der Waals surface area (Å²) in [6.07, 6.45) is 9.07. The summed E-state index contributed by atoms with van der Waals surface area (Å²) in [5, 5.41) is 0. The molecule has 0 saturated heterocycles. The predicted molar refractivity (Wildman–Crippen MR) is 53.6 cm³/mol. The number of hydrogen-bond donors (Lipinski definition) is 0. The van der Waals surface area contributed by atoms with Gasteiger partial charge in [-0.15, -0.1) is 0 Å². The normalized spacial score (nSPS) is 12.4. The molecule has 76 valence electrons. The zero-order chi connectivity index (χ0) is 9.94. The summed E-state index contributed by atoms with van der Waals surface area (Å²) in [5.41, 5.74) is 0. The molecule has 0 spiro atoms. The average molecular weight is 184 g/mol. The van der Waals surface area contributed by atoms with E-state index in [9.17, 15) is 9.59 Å². The van der Waals surface area contributed by atoms with Gasteiger partial charge in [0.15, 0.2) is 0 Å². The lowest BCUT2D eigenvalue weighted by Gasteiger charge is -2.05. The van der Waals surface area contributed by atoms with E-state index in [0.717, 1.165) is 25.4 Å². The van der Waals surface area contributed by atoms with Crippen molar-refractivity contribution in [2.45, 2.75) is 51.9 Å². The van der Waals surface area contributed by atoms with E-state index in [2.05, 4.69) is 6.92 Å². The lowest BCUT2D eigenvalue weighted by atomic mass is 9.99. The SMILES string of the molecule is CCCCCCCC(C=O)CC=O. The largest absolute Gasteiger partial charge is 0.303 e. The van der Waals surface area contributed by atoms with Crippen LogP contribution >= 0.6 is 0 Å². The van der Waals surface area contributed by atoms with Crippen LogP contribution in [0.4, 0.5) is 0 Å². The van der Waals surface area contributed by atoms with Crippen LogP contribution in [0.25, 0.3) is 0 Å². The Labute approximate surface area is 80.7 Å². The Morgan fingerprint density at radius 2 is 1.77 bits per heavy atom. The number of rotatable bonds is 9. The van der Waals surface area contributed by atoms with Gasteiger partial charge in [-0.25, -0.2) is 0 Å². The standard InChI is InChI=1S/C11H20O2/c1-2-3-4-5-6-7-11(10-13)8-9-12/h9-11H,2-8H2,1H3. The first-order valence-electron chi connectivity index (χ1n) is 5.24. The van der Waals surface area contributed by atoms with Crippen LogP contribution in [-0.2, 0) is 9.59 Å². The molecule has 0 heterocycles. The lowest BCUT2D eigenvalue weighted by molar-refractivity contribution is -0.115. The maximum absolute atomic E-state index is 10.5. The molecule has 0 fully saturated rings. The molecule has 0 aliphatic rings. The maximum Gasteiger partial charge on any atom is 0.123 e. The molecule has 0 aliphatic heterocycles. The summed E-state index contributed by atoms with van der Waals surface area (Å²) < 4.78 is 0. The van der Waals surface area contributed by atoms with E-state index in [0.29, 0.717) is 6.42 Å². The van der Waals surface area contributed by atoms with Crippen LogP contribution in [0.3, 0.4) is 0 Å². The van der Waals surface area contributed by atoms with E-state index < -0.39 is 0 Å². The molecule has 0 N–H and O–H groups in total. The zero-order valence-electron chi connectivity index (χ0n) is 8.50. The van der Waals surface area contributed by atoms with Crippen molar-refractivity contribution in [2.75, 3.05) is 0 Å². The fraction of sp³-hybridized carbons (Fsp3) is 0.818. The van der Waals surface area contributed by atoms with Gasteiger partial charge in [0, 0.05) is 12.3 Å². The van der Waals surface area contributed by atoms with Crippen LogP contribution in [0.1, 0.15) is 51.9 Å². The summed E-state index contributed by atoms with van der Waals surface area (Å²) in [7, 11) is 0. The molecule has 0 aromatic heterocycles. The summed E-state index contributed by atoms with van der Waals surface area (Å²) in [4.78, 5) is 20.6. The van der Waals surface area contributed by atoms with Gasteiger partial charge in [-0.3, -0.25) is 0 Å². The van der Waals surface area contributed by atoms with E-state index in [-0.39, 0.29) is 5.92 Å². The molecule has 13 heavy (non-hydrogen) atoms. The Balaban J connectivity index is 3.27. The Bertz CT molecular complexity index is 132. The first-order chi connectivity index (χ1) is 6.35. The number of unbranched alkanes of at least 4 members (excludes halogenated alkanes) is 4. The van der Waals surface area contributed by atoms with Crippen molar-refractivity contribution >= 4 is 12.6 Å². The maximum atomic E-state index is 10.5. The highest BCUT2D eigenvalue weighted by atomic mass is 16.1. The fourth-order valence-corrected chi connectivity index (χ4v) is 1.38. The summed E-state index contributed by atoms with van der Waals surface area (Å²) in [5.74, 6) is -0.0286. The van der Waals surface area contributed by atoms with Crippen LogP contribution in [-0.4, -0.2) is 12.6 Å².